The molecule has 0 N–H and O–H groups in total. The summed E-state index contributed by atoms with van der Waals surface area (Å²) in [5.74, 6) is 0.615. The molecule has 0 unspecified atom stereocenters. The molecule has 60 heavy (non-hydrogen) atoms. The quantitative estimate of drug-likeness (QED) is 0.169. The van der Waals surface area contributed by atoms with Crippen LogP contribution >= 0.6 is 0 Å². The highest BCUT2D eigenvalue weighted by Gasteiger charge is 2.48. The Balaban J connectivity index is 1.24. The lowest BCUT2D eigenvalue weighted by molar-refractivity contribution is 0.768. The minimum absolute atomic E-state index is 0.576. The molecule has 0 spiro atoms. The Labute approximate surface area is 348 Å². The lowest BCUT2D eigenvalue weighted by Crippen LogP contribution is -2.28. The number of hydrogen-bond acceptors (Lipinski definition) is 4. The Kier molecular flexibility index (Phi) is 7.72. The molecule has 0 fully saturated rings. The molecule has 2 aliphatic rings. The predicted molar refractivity (Wildman–Crippen MR) is 245 cm³/mol. The van der Waals surface area contributed by atoms with Crippen molar-refractivity contribution in [2.45, 2.75) is 5.41 Å². The van der Waals surface area contributed by atoms with Crippen LogP contribution in [0.3, 0.4) is 0 Å². The van der Waals surface area contributed by atoms with Gasteiger partial charge in [-0.25, -0.2) is 9.97 Å². The number of benzene rings is 8. The van der Waals surface area contributed by atoms with E-state index in [-0.39, 0.29) is 0 Å². The van der Waals surface area contributed by atoms with Crippen LogP contribution in [-0.2, 0) is 5.41 Å². The standard InChI is InChI=1S/C56H36N4/c1-5-17-37(18-6-1)49-35-50(38-19-7-2-8-20-38)59-55(58-49)60-51-29-15-27-43-42(39-21-16-34-57-36-39)30-31-44(52(43)51)45-32-33-48-53(54(45)60)46-26-13-14-28-47(46)56(48,40-22-9-3-10-23-40)41-24-11-4-12-25-41/h1-36H. The highest BCUT2D eigenvalue weighted by Crippen LogP contribution is 2.63. The van der Waals surface area contributed by atoms with Crippen LogP contribution in [0.4, 0.5) is 17.3 Å². The van der Waals surface area contributed by atoms with E-state index in [0.717, 1.165) is 61.4 Å². The van der Waals surface area contributed by atoms with Crippen molar-refractivity contribution in [2.75, 3.05) is 4.90 Å². The van der Waals surface area contributed by atoms with Gasteiger partial charge in [-0.15, -0.1) is 0 Å². The van der Waals surface area contributed by atoms with Gasteiger partial charge in [-0.1, -0.05) is 188 Å². The van der Waals surface area contributed by atoms with E-state index in [1.807, 2.05) is 18.5 Å². The van der Waals surface area contributed by atoms with E-state index in [2.05, 4.69) is 210 Å². The third kappa shape index (κ3) is 5.01. The van der Waals surface area contributed by atoms with Crippen LogP contribution in [0.15, 0.2) is 219 Å². The molecule has 280 valence electrons. The highest BCUT2D eigenvalue weighted by atomic mass is 15.3. The topological polar surface area (TPSA) is 41.9 Å². The summed E-state index contributed by atoms with van der Waals surface area (Å²) < 4.78 is 0. The van der Waals surface area contributed by atoms with Crippen LogP contribution in [0.25, 0.3) is 66.7 Å². The monoisotopic (exact) mass is 764 g/mol. The Morgan fingerprint density at radius 2 is 1.00 bits per heavy atom. The van der Waals surface area contributed by atoms with E-state index in [1.165, 1.54) is 38.9 Å². The summed E-state index contributed by atoms with van der Waals surface area (Å²) in [5.41, 5.74) is 17.2. The van der Waals surface area contributed by atoms with Crippen molar-refractivity contribution >= 4 is 28.1 Å². The molecule has 0 saturated carbocycles. The molecular formula is C56H36N4. The van der Waals surface area contributed by atoms with E-state index in [1.54, 1.807) is 0 Å². The van der Waals surface area contributed by atoms with E-state index < -0.39 is 5.41 Å². The molecule has 4 heteroatoms. The van der Waals surface area contributed by atoms with E-state index >= 15 is 0 Å². The molecule has 12 rings (SSSR count). The second-order valence-corrected chi connectivity index (χ2v) is 15.5. The molecule has 0 saturated heterocycles. The fourth-order valence-corrected chi connectivity index (χ4v) is 9.91. The van der Waals surface area contributed by atoms with Gasteiger partial charge in [-0.2, -0.15) is 0 Å². The second kappa shape index (κ2) is 13.6. The third-order valence-electron chi connectivity index (χ3n) is 12.4. The van der Waals surface area contributed by atoms with E-state index in [4.69, 9.17) is 9.97 Å². The number of rotatable bonds is 6. The van der Waals surface area contributed by atoms with Crippen molar-refractivity contribution in [1.29, 1.82) is 0 Å². The van der Waals surface area contributed by atoms with Gasteiger partial charge in [0.1, 0.15) is 0 Å². The second-order valence-electron chi connectivity index (χ2n) is 15.5. The highest BCUT2D eigenvalue weighted by molar-refractivity contribution is 6.19. The Morgan fingerprint density at radius 3 is 1.65 bits per heavy atom. The average Bonchev–Trinajstić information content (AvgIpc) is 3.64. The minimum atomic E-state index is -0.576. The average molecular weight is 765 g/mol. The minimum Gasteiger partial charge on any atom is -0.277 e. The van der Waals surface area contributed by atoms with E-state index in [9.17, 15) is 0 Å². The largest absolute Gasteiger partial charge is 0.277 e. The first-order valence-corrected chi connectivity index (χ1v) is 20.4. The molecule has 2 aromatic heterocycles. The summed E-state index contributed by atoms with van der Waals surface area (Å²) in [4.78, 5) is 17.9. The summed E-state index contributed by atoms with van der Waals surface area (Å²) in [7, 11) is 0. The molecule has 1 aliphatic heterocycles. The van der Waals surface area contributed by atoms with E-state index in [0.29, 0.717) is 5.95 Å². The predicted octanol–water partition coefficient (Wildman–Crippen LogP) is 13.8. The zero-order valence-electron chi connectivity index (χ0n) is 32.6. The van der Waals surface area contributed by atoms with Crippen molar-refractivity contribution in [2.24, 2.45) is 0 Å². The molecule has 0 bridgehead atoms. The third-order valence-corrected chi connectivity index (χ3v) is 12.4. The van der Waals surface area contributed by atoms with Gasteiger partial charge in [0.05, 0.1) is 28.2 Å². The number of pyridine rings is 1. The summed E-state index contributed by atoms with van der Waals surface area (Å²) in [6.07, 6.45) is 3.78. The molecule has 10 aromatic rings. The normalized spacial score (nSPS) is 13.1. The molecule has 0 radical (unpaired) electrons. The van der Waals surface area contributed by atoms with Gasteiger partial charge in [-0.3, -0.25) is 9.88 Å². The van der Waals surface area contributed by atoms with Crippen molar-refractivity contribution in [3.63, 3.8) is 0 Å². The van der Waals surface area contributed by atoms with Crippen LogP contribution < -0.4 is 4.90 Å². The smallest absolute Gasteiger partial charge is 0.235 e. The maximum Gasteiger partial charge on any atom is 0.235 e. The maximum absolute atomic E-state index is 5.53. The van der Waals surface area contributed by atoms with Crippen LogP contribution in [0.1, 0.15) is 22.3 Å². The summed E-state index contributed by atoms with van der Waals surface area (Å²) >= 11 is 0. The van der Waals surface area contributed by atoms with Gasteiger partial charge in [0, 0.05) is 45.6 Å². The van der Waals surface area contributed by atoms with Crippen LogP contribution in [0.5, 0.6) is 0 Å². The molecule has 0 atom stereocenters. The maximum atomic E-state index is 5.53. The molecular weight excluding hydrogens is 729 g/mol. The van der Waals surface area contributed by atoms with Gasteiger partial charge in [0.2, 0.25) is 5.95 Å². The van der Waals surface area contributed by atoms with Crippen molar-refractivity contribution in [3.8, 4) is 55.9 Å². The molecule has 3 heterocycles. The number of fused-ring (bicyclic) bond motifs is 6. The van der Waals surface area contributed by atoms with Crippen LogP contribution in [0, 0.1) is 0 Å². The zero-order chi connectivity index (χ0) is 39.6. The summed E-state index contributed by atoms with van der Waals surface area (Å²) in [6, 6.07) is 74.1. The fraction of sp³-hybridized carbons (Fsp3) is 0.0179. The lowest BCUT2D eigenvalue weighted by Gasteiger charge is -2.36. The molecule has 8 aromatic carbocycles. The number of nitrogens with zero attached hydrogens (tertiary/aromatic N) is 4. The number of anilines is 3. The van der Waals surface area contributed by atoms with Gasteiger partial charge >= 0.3 is 0 Å². The van der Waals surface area contributed by atoms with Crippen molar-refractivity contribution in [3.05, 3.63) is 241 Å². The SMILES string of the molecule is c1ccc(-c2cc(-c3ccccc3)nc(N3c4c(ccc5c4-c4ccccc4C5(c4ccccc4)c4ccccc4)-c4ccc(-c5cccnc5)c5cccc3c45)n2)cc1. The lowest BCUT2D eigenvalue weighted by atomic mass is 9.67. The van der Waals surface area contributed by atoms with Gasteiger partial charge in [-0.05, 0) is 62.5 Å². The Morgan fingerprint density at radius 1 is 0.417 bits per heavy atom. The molecule has 0 amide bonds. The first-order chi connectivity index (χ1) is 29.8. The zero-order valence-corrected chi connectivity index (χ0v) is 32.6. The van der Waals surface area contributed by atoms with Crippen molar-refractivity contribution in [1.82, 2.24) is 15.0 Å². The summed E-state index contributed by atoms with van der Waals surface area (Å²) in [6.45, 7) is 0. The van der Waals surface area contributed by atoms with Crippen LogP contribution in [-0.4, -0.2) is 15.0 Å². The molecule has 1 aliphatic carbocycles. The Bertz CT molecular complexity index is 3140. The summed E-state index contributed by atoms with van der Waals surface area (Å²) in [5, 5.41) is 2.31. The molecule has 4 nitrogen and oxygen atoms in total. The first-order valence-electron chi connectivity index (χ1n) is 20.4. The number of hydrogen-bond donors (Lipinski definition) is 0. The Hall–Kier alpha value is -7.95. The number of aromatic nitrogens is 3. The van der Waals surface area contributed by atoms with Crippen molar-refractivity contribution < 1.29 is 0 Å². The van der Waals surface area contributed by atoms with Gasteiger partial charge in [0.15, 0.2) is 0 Å². The van der Waals surface area contributed by atoms with Gasteiger partial charge < -0.3 is 0 Å². The van der Waals surface area contributed by atoms with Gasteiger partial charge in [0.25, 0.3) is 0 Å². The first kappa shape index (κ1) is 34.1. The fourth-order valence-electron chi connectivity index (χ4n) is 9.91. The van der Waals surface area contributed by atoms with Crippen LogP contribution in [0.2, 0.25) is 0 Å².